The van der Waals surface area contributed by atoms with Gasteiger partial charge < -0.3 is 0 Å². The van der Waals surface area contributed by atoms with Crippen LogP contribution in [-0.4, -0.2) is 10.3 Å². The van der Waals surface area contributed by atoms with Crippen LogP contribution < -0.4 is 10.6 Å². The van der Waals surface area contributed by atoms with Gasteiger partial charge in [0.2, 0.25) is 0 Å². The van der Waals surface area contributed by atoms with Crippen molar-refractivity contribution in [2.24, 2.45) is 0 Å². The maximum atomic E-state index is 2.47. The molecule has 0 saturated carbocycles. The standard InChI is InChI=1S/C28H33P/c1-27(2,3)29(28(4,5)6,25-19-11-15-21-13-7-9-17-23(21)25)26-20-12-16-22-14-8-10-18-24(22)26/h7-20,29H,1-6H3. The van der Waals surface area contributed by atoms with E-state index >= 15 is 0 Å². The van der Waals surface area contributed by atoms with Crippen LogP contribution in [0.3, 0.4) is 0 Å². The summed E-state index contributed by atoms with van der Waals surface area (Å²) < 4.78 is 0. The Morgan fingerprint density at radius 1 is 0.448 bits per heavy atom. The molecular formula is C28H33P. The van der Waals surface area contributed by atoms with Crippen LogP contribution in [0.2, 0.25) is 0 Å². The Bertz CT molecular complexity index is 1070. The summed E-state index contributed by atoms with van der Waals surface area (Å²) in [5.41, 5.74) is 0. The van der Waals surface area contributed by atoms with Crippen molar-refractivity contribution in [1.29, 1.82) is 0 Å². The molecule has 4 aromatic carbocycles. The van der Waals surface area contributed by atoms with Crippen LogP contribution in [-0.2, 0) is 0 Å². The first-order chi connectivity index (χ1) is 13.7. The zero-order valence-electron chi connectivity index (χ0n) is 18.6. The first-order valence-corrected chi connectivity index (χ1v) is 12.6. The minimum absolute atomic E-state index is 0.138. The molecule has 150 valence electrons. The van der Waals surface area contributed by atoms with Crippen molar-refractivity contribution in [3.05, 3.63) is 84.9 Å². The molecule has 0 N–H and O–H groups in total. The number of benzene rings is 4. The van der Waals surface area contributed by atoms with Gasteiger partial charge in [0.15, 0.2) is 0 Å². The summed E-state index contributed by atoms with van der Waals surface area (Å²) in [5.74, 6) is 0. The van der Waals surface area contributed by atoms with Gasteiger partial charge in [0.05, 0.1) is 0 Å². The molecule has 0 radical (unpaired) electrons. The molecular weight excluding hydrogens is 367 g/mol. The average Bonchev–Trinajstić information content (AvgIpc) is 2.67. The van der Waals surface area contributed by atoms with Crippen molar-refractivity contribution in [2.45, 2.75) is 51.9 Å². The number of fused-ring (bicyclic) bond motifs is 2. The molecule has 0 aliphatic rings. The molecule has 0 aromatic heterocycles. The van der Waals surface area contributed by atoms with E-state index in [1.807, 2.05) is 0 Å². The van der Waals surface area contributed by atoms with E-state index in [9.17, 15) is 0 Å². The van der Waals surface area contributed by atoms with E-state index in [4.69, 9.17) is 0 Å². The van der Waals surface area contributed by atoms with E-state index in [0.29, 0.717) is 0 Å². The second-order valence-corrected chi connectivity index (χ2v) is 15.9. The Morgan fingerprint density at radius 3 is 1.17 bits per heavy atom. The molecule has 29 heavy (non-hydrogen) atoms. The second kappa shape index (κ2) is 6.96. The number of hydrogen-bond acceptors (Lipinski definition) is 0. The zero-order chi connectivity index (χ0) is 20.9. The van der Waals surface area contributed by atoms with Crippen molar-refractivity contribution in [3.8, 4) is 0 Å². The van der Waals surface area contributed by atoms with E-state index in [0.717, 1.165) is 0 Å². The molecule has 0 bridgehead atoms. The van der Waals surface area contributed by atoms with Gasteiger partial charge in [-0.25, -0.2) is 0 Å². The van der Waals surface area contributed by atoms with Crippen molar-refractivity contribution in [3.63, 3.8) is 0 Å². The predicted octanol–water partition coefficient (Wildman–Crippen LogP) is 7.29. The van der Waals surface area contributed by atoms with Crippen LogP contribution in [0.1, 0.15) is 41.5 Å². The van der Waals surface area contributed by atoms with E-state index < -0.39 is 7.26 Å². The van der Waals surface area contributed by atoms with E-state index in [1.54, 1.807) is 10.6 Å². The predicted molar refractivity (Wildman–Crippen MR) is 135 cm³/mol. The van der Waals surface area contributed by atoms with Crippen LogP contribution in [0.15, 0.2) is 84.9 Å². The average molecular weight is 401 g/mol. The van der Waals surface area contributed by atoms with Gasteiger partial charge in [0.25, 0.3) is 0 Å². The molecule has 0 amide bonds. The van der Waals surface area contributed by atoms with Crippen LogP contribution in [0, 0.1) is 0 Å². The van der Waals surface area contributed by atoms with Crippen LogP contribution in [0.25, 0.3) is 21.5 Å². The van der Waals surface area contributed by atoms with Crippen molar-refractivity contribution in [1.82, 2.24) is 0 Å². The van der Waals surface area contributed by atoms with Crippen molar-refractivity contribution >= 4 is 39.4 Å². The van der Waals surface area contributed by atoms with Crippen LogP contribution in [0.4, 0.5) is 0 Å². The molecule has 0 heterocycles. The fraction of sp³-hybridized carbons (Fsp3) is 0.286. The molecule has 1 heteroatoms. The third kappa shape index (κ3) is 3.01. The van der Waals surface area contributed by atoms with Gasteiger partial charge in [-0.05, 0) is 0 Å². The first-order valence-electron chi connectivity index (χ1n) is 10.6. The van der Waals surface area contributed by atoms with Crippen molar-refractivity contribution < 1.29 is 0 Å². The second-order valence-electron chi connectivity index (χ2n) is 10.3. The monoisotopic (exact) mass is 400 g/mol. The van der Waals surface area contributed by atoms with Crippen molar-refractivity contribution in [2.75, 3.05) is 0 Å². The minimum atomic E-state index is -2.28. The topological polar surface area (TPSA) is 0 Å². The fourth-order valence-corrected chi connectivity index (χ4v) is 13.7. The van der Waals surface area contributed by atoms with Crippen LogP contribution >= 0.6 is 7.26 Å². The summed E-state index contributed by atoms with van der Waals surface area (Å²) in [7, 11) is -2.28. The summed E-state index contributed by atoms with van der Waals surface area (Å²) in [6, 6.07) is 31.8. The molecule has 0 atom stereocenters. The summed E-state index contributed by atoms with van der Waals surface area (Å²) >= 11 is 0. The fourth-order valence-electron chi connectivity index (χ4n) is 5.99. The molecule has 0 spiro atoms. The normalized spacial score (nSPS) is 13.7. The van der Waals surface area contributed by atoms with Gasteiger partial charge in [-0.3, -0.25) is 0 Å². The Balaban J connectivity index is 2.25. The molecule has 0 fully saturated rings. The van der Waals surface area contributed by atoms with Gasteiger partial charge in [-0.2, -0.15) is 0 Å². The third-order valence-corrected chi connectivity index (χ3v) is 13.6. The van der Waals surface area contributed by atoms with E-state index in [2.05, 4.69) is 126 Å². The molecule has 0 saturated heterocycles. The third-order valence-electron chi connectivity index (χ3n) is 6.64. The Morgan fingerprint density at radius 2 is 0.793 bits per heavy atom. The Hall–Kier alpha value is -2.17. The number of rotatable bonds is 2. The van der Waals surface area contributed by atoms with Gasteiger partial charge >= 0.3 is 176 Å². The van der Waals surface area contributed by atoms with E-state index in [1.165, 1.54) is 21.5 Å². The van der Waals surface area contributed by atoms with E-state index in [-0.39, 0.29) is 10.3 Å². The molecule has 4 rings (SSSR count). The van der Waals surface area contributed by atoms with Crippen LogP contribution in [0.5, 0.6) is 0 Å². The number of hydrogen-bond donors (Lipinski definition) is 0. The molecule has 0 nitrogen and oxygen atoms in total. The molecule has 0 aliphatic heterocycles. The summed E-state index contributed by atoms with van der Waals surface area (Å²) in [6.45, 7) is 14.8. The summed E-state index contributed by atoms with van der Waals surface area (Å²) in [6.07, 6.45) is 0. The maximum absolute atomic E-state index is 2.47. The summed E-state index contributed by atoms with van der Waals surface area (Å²) in [5, 5.41) is 8.92. The first kappa shape index (κ1) is 20.1. The Labute approximate surface area is 176 Å². The zero-order valence-corrected chi connectivity index (χ0v) is 19.6. The van der Waals surface area contributed by atoms with Gasteiger partial charge in [0.1, 0.15) is 0 Å². The quantitative estimate of drug-likeness (QED) is 0.310. The van der Waals surface area contributed by atoms with Gasteiger partial charge in [-0.1, -0.05) is 0 Å². The Kier molecular flexibility index (Phi) is 4.83. The summed E-state index contributed by atoms with van der Waals surface area (Å²) in [4.78, 5) is 0. The van der Waals surface area contributed by atoms with Gasteiger partial charge in [-0.15, -0.1) is 0 Å². The van der Waals surface area contributed by atoms with Gasteiger partial charge in [0, 0.05) is 0 Å². The molecule has 4 aromatic rings. The molecule has 0 unspecified atom stereocenters. The molecule has 0 aliphatic carbocycles. The SMILES string of the molecule is CC(C)(C)[PH](c1cccc2ccccc12)(c1cccc2ccccc12)C(C)(C)C.